The van der Waals surface area contributed by atoms with E-state index in [-0.39, 0.29) is 5.91 Å². The minimum absolute atomic E-state index is 0.161. The Hall–Kier alpha value is -2.00. The number of alkyl halides is 1. The number of carbonyl (C=O) groups excluding carboxylic acids is 1. The molecule has 0 saturated heterocycles. The van der Waals surface area contributed by atoms with Gasteiger partial charge in [0.05, 0.1) is 6.61 Å². The second-order valence-corrected chi connectivity index (χ2v) is 4.47. The molecule has 0 bridgehead atoms. The van der Waals surface area contributed by atoms with Crippen LogP contribution in [0.2, 0.25) is 0 Å². The molecule has 0 aliphatic carbocycles. The number of ether oxygens (including phenoxy) is 1. The van der Waals surface area contributed by atoms with Crippen LogP contribution < -0.4 is 10.1 Å². The minimum Gasteiger partial charge on any atom is -0.494 e. The van der Waals surface area contributed by atoms with Crippen LogP contribution in [0.3, 0.4) is 0 Å². The second kappa shape index (κ2) is 6.96. The Bertz CT molecular complexity index is 581. The Kier molecular flexibility index (Phi) is 5.02. The van der Waals surface area contributed by atoms with Crippen molar-refractivity contribution in [2.75, 3.05) is 11.9 Å². The third kappa shape index (κ3) is 3.52. The van der Waals surface area contributed by atoms with Gasteiger partial charge < -0.3 is 10.1 Å². The molecule has 0 spiro atoms. The van der Waals surface area contributed by atoms with Gasteiger partial charge in [0.2, 0.25) is 0 Å². The van der Waals surface area contributed by atoms with Gasteiger partial charge in [-0.3, -0.25) is 4.79 Å². The van der Waals surface area contributed by atoms with Crippen LogP contribution in [0.25, 0.3) is 0 Å². The summed E-state index contributed by atoms with van der Waals surface area (Å²) in [4.78, 5) is 12.2. The van der Waals surface area contributed by atoms with Crippen molar-refractivity contribution in [2.45, 2.75) is 12.8 Å². The number of carbonyl (C=O) groups is 1. The first-order valence-electron chi connectivity index (χ1n) is 6.42. The molecule has 104 valence electrons. The van der Waals surface area contributed by atoms with Gasteiger partial charge in [-0.2, -0.15) is 0 Å². The van der Waals surface area contributed by atoms with Gasteiger partial charge >= 0.3 is 0 Å². The molecule has 1 amide bonds. The molecule has 2 aromatic carbocycles. The summed E-state index contributed by atoms with van der Waals surface area (Å²) >= 11 is 5.85. The highest BCUT2D eigenvalue weighted by molar-refractivity contribution is 6.17. The van der Waals surface area contributed by atoms with E-state index >= 15 is 0 Å². The van der Waals surface area contributed by atoms with E-state index in [9.17, 15) is 4.79 Å². The van der Waals surface area contributed by atoms with Crippen LogP contribution >= 0.6 is 11.6 Å². The van der Waals surface area contributed by atoms with Gasteiger partial charge in [0.1, 0.15) is 5.75 Å². The van der Waals surface area contributed by atoms with Crippen LogP contribution in [0.5, 0.6) is 5.75 Å². The van der Waals surface area contributed by atoms with Gasteiger partial charge in [0.15, 0.2) is 0 Å². The summed E-state index contributed by atoms with van der Waals surface area (Å²) in [6, 6.07) is 14.5. The highest BCUT2D eigenvalue weighted by Gasteiger charge is 2.08. The Morgan fingerprint density at radius 2 is 1.85 bits per heavy atom. The van der Waals surface area contributed by atoms with Crippen LogP contribution in [-0.2, 0) is 5.88 Å². The quantitative estimate of drug-likeness (QED) is 0.843. The summed E-state index contributed by atoms with van der Waals surface area (Å²) < 4.78 is 5.35. The van der Waals surface area contributed by atoms with Gasteiger partial charge in [-0.1, -0.05) is 18.2 Å². The second-order valence-electron chi connectivity index (χ2n) is 4.20. The molecular weight excluding hydrogens is 274 g/mol. The summed E-state index contributed by atoms with van der Waals surface area (Å²) in [5, 5.41) is 2.87. The van der Waals surface area contributed by atoms with Gasteiger partial charge in [-0.25, -0.2) is 0 Å². The van der Waals surface area contributed by atoms with Gasteiger partial charge in [-0.15, -0.1) is 11.6 Å². The molecule has 4 heteroatoms. The third-order valence-electron chi connectivity index (χ3n) is 2.84. The van der Waals surface area contributed by atoms with Gasteiger partial charge in [0.25, 0.3) is 5.91 Å². The molecule has 0 saturated carbocycles. The predicted molar refractivity (Wildman–Crippen MR) is 81.6 cm³/mol. The van der Waals surface area contributed by atoms with Crippen molar-refractivity contribution in [3.63, 3.8) is 0 Å². The van der Waals surface area contributed by atoms with E-state index in [1.165, 1.54) is 0 Å². The van der Waals surface area contributed by atoms with Crippen molar-refractivity contribution in [1.29, 1.82) is 0 Å². The van der Waals surface area contributed by atoms with Crippen molar-refractivity contribution < 1.29 is 9.53 Å². The summed E-state index contributed by atoms with van der Waals surface area (Å²) in [5.74, 6) is 0.954. The fraction of sp³-hybridized carbons (Fsp3) is 0.188. The highest BCUT2D eigenvalue weighted by Crippen LogP contribution is 2.19. The van der Waals surface area contributed by atoms with Crippen LogP contribution in [-0.4, -0.2) is 12.5 Å². The van der Waals surface area contributed by atoms with E-state index in [1.54, 1.807) is 24.3 Å². The highest BCUT2D eigenvalue weighted by atomic mass is 35.5. The standard InChI is InChI=1S/C16H16ClNO2/c1-2-20-14-9-7-12(8-10-14)16(19)18-15-6-4-3-5-13(15)11-17/h3-10H,2,11H2,1H3,(H,18,19). The smallest absolute Gasteiger partial charge is 0.255 e. The minimum atomic E-state index is -0.161. The average molecular weight is 290 g/mol. The molecule has 3 nitrogen and oxygen atoms in total. The zero-order chi connectivity index (χ0) is 14.4. The lowest BCUT2D eigenvalue weighted by Crippen LogP contribution is -2.13. The molecule has 0 atom stereocenters. The molecule has 0 aliphatic rings. The third-order valence-corrected chi connectivity index (χ3v) is 3.12. The number of amides is 1. The molecule has 0 aliphatic heterocycles. The molecule has 0 unspecified atom stereocenters. The van der Waals surface area contributed by atoms with Crippen LogP contribution in [0.1, 0.15) is 22.8 Å². The zero-order valence-electron chi connectivity index (χ0n) is 11.2. The van der Waals surface area contributed by atoms with E-state index in [1.807, 2.05) is 31.2 Å². The van der Waals surface area contributed by atoms with E-state index < -0.39 is 0 Å². The van der Waals surface area contributed by atoms with Crippen molar-refractivity contribution in [2.24, 2.45) is 0 Å². The van der Waals surface area contributed by atoms with Crippen LogP contribution in [0.15, 0.2) is 48.5 Å². The predicted octanol–water partition coefficient (Wildman–Crippen LogP) is 4.08. The van der Waals surface area contributed by atoms with E-state index in [0.717, 1.165) is 17.0 Å². The average Bonchev–Trinajstić information content (AvgIpc) is 2.49. The Morgan fingerprint density at radius 1 is 1.15 bits per heavy atom. The van der Waals surface area contributed by atoms with Crippen molar-refractivity contribution in [3.05, 3.63) is 59.7 Å². The maximum absolute atomic E-state index is 12.2. The first-order valence-corrected chi connectivity index (χ1v) is 6.96. The topological polar surface area (TPSA) is 38.3 Å². The number of hydrogen-bond acceptors (Lipinski definition) is 2. The summed E-state index contributed by atoms with van der Waals surface area (Å²) in [6.45, 7) is 2.53. The Labute approximate surface area is 123 Å². The monoisotopic (exact) mass is 289 g/mol. The normalized spacial score (nSPS) is 10.1. The zero-order valence-corrected chi connectivity index (χ0v) is 12.0. The van der Waals surface area contributed by atoms with E-state index in [0.29, 0.717) is 18.1 Å². The van der Waals surface area contributed by atoms with E-state index in [4.69, 9.17) is 16.3 Å². The molecule has 0 radical (unpaired) electrons. The molecule has 0 aromatic heterocycles. The van der Waals surface area contributed by atoms with Gasteiger partial charge in [-0.05, 0) is 42.8 Å². The lowest BCUT2D eigenvalue weighted by Gasteiger charge is -2.09. The fourth-order valence-corrected chi connectivity index (χ4v) is 2.06. The molecular formula is C16H16ClNO2. The van der Waals surface area contributed by atoms with Crippen LogP contribution in [0, 0.1) is 0 Å². The molecule has 1 N–H and O–H groups in total. The molecule has 2 aromatic rings. The summed E-state index contributed by atoms with van der Waals surface area (Å²) in [7, 11) is 0. The Morgan fingerprint density at radius 3 is 2.50 bits per heavy atom. The first-order chi connectivity index (χ1) is 9.74. The lowest BCUT2D eigenvalue weighted by atomic mass is 10.1. The Balaban J connectivity index is 2.11. The number of benzene rings is 2. The van der Waals surface area contributed by atoms with Crippen molar-refractivity contribution >= 4 is 23.2 Å². The first kappa shape index (κ1) is 14.4. The van der Waals surface area contributed by atoms with Crippen LogP contribution in [0.4, 0.5) is 5.69 Å². The number of nitrogens with one attached hydrogen (secondary N) is 1. The molecule has 0 fully saturated rings. The number of hydrogen-bond donors (Lipinski definition) is 1. The molecule has 20 heavy (non-hydrogen) atoms. The number of para-hydroxylation sites is 1. The lowest BCUT2D eigenvalue weighted by molar-refractivity contribution is 0.102. The summed E-state index contributed by atoms with van der Waals surface area (Å²) in [5.41, 5.74) is 2.22. The van der Waals surface area contributed by atoms with Crippen molar-refractivity contribution in [1.82, 2.24) is 0 Å². The van der Waals surface area contributed by atoms with Crippen molar-refractivity contribution in [3.8, 4) is 5.75 Å². The maximum atomic E-state index is 12.2. The van der Waals surface area contributed by atoms with E-state index in [2.05, 4.69) is 5.32 Å². The fourth-order valence-electron chi connectivity index (χ4n) is 1.82. The molecule has 0 heterocycles. The maximum Gasteiger partial charge on any atom is 0.255 e. The largest absolute Gasteiger partial charge is 0.494 e. The number of rotatable bonds is 5. The summed E-state index contributed by atoms with van der Waals surface area (Å²) in [6.07, 6.45) is 0. The number of halogens is 1. The SMILES string of the molecule is CCOc1ccc(C(=O)Nc2ccccc2CCl)cc1. The number of anilines is 1. The molecule has 2 rings (SSSR count). The van der Waals surface area contributed by atoms with Gasteiger partial charge in [0, 0.05) is 17.1 Å².